The van der Waals surface area contributed by atoms with Gasteiger partial charge in [0.25, 0.3) is 0 Å². The van der Waals surface area contributed by atoms with E-state index in [-0.39, 0.29) is 0 Å². The van der Waals surface area contributed by atoms with Gasteiger partial charge in [0.1, 0.15) is 5.01 Å². The van der Waals surface area contributed by atoms with Crippen LogP contribution in [0.3, 0.4) is 0 Å². The molecule has 0 aliphatic carbocycles. The molecular formula is C12H22N2S2. The minimum Gasteiger partial charge on any atom is -0.310 e. The fourth-order valence-electron chi connectivity index (χ4n) is 1.44. The second-order valence-electron chi connectivity index (χ2n) is 4.50. The predicted octanol–water partition coefficient (Wildman–Crippen LogP) is 3.36. The van der Waals surface area contributed by atoms with Crippen LogP contribution in [0, 0.1) is 5.92 Å². The molecule has 0 fully saturated rings. The van der Waals surface area contributed by atoms with Crippen LogP contribution in [0.2, 0.25) is 0 Å². The lowest BCUT2D eigenvalue weighted by Crippen LogP contribution is -2.21. The molecule has 1 N–H and O–H groups in total. The average molecular weight is 258 g/mol. The number of nitrogens with one attached hydrogen (secondary N) is 1. The number of rotatable bonds is 7. The third-order valence-corrected chi connectivity index (χ3v) is 4.56. The van der Waals surface area contributed by atoms with Crippen LogP contribution in [0.25, 0.3) is 0 Å². The summed E-state index contributed by atoms with van der Waals surface area (Å²) in [4.78, 5) is 5.81. The summed E-state index contributed by atoms with van der Waals surface area (Å²) in [6.07, 6.45) is 4.17. The summed E-state index contributed by atoms with van der Waals surface area (Å²) in [5.74, 6) is 2.56. The zero-order chi connectivity index (χ0) is 12.0. The van der Waals surface area contributed by atoms with E-state index in [2.05, 4.69) is 37.3 Å². The zero-order valence-corrected chi connectivity index (χ0v) is 12.3. The highest BCUT2D eigenvalue weighted by molar-refractivity contribution is 7.98. The van der Waals surface area contributed by atoms with Gasteiger partial charge >= 0.3 is 0 Å². The molecular weight excluding hydrogens is 236 g/mol. The van der Waals surface area contributed by atoms with Gasteiger partial charge in [0.15, 0.2) is 0 Å². The Labute approximate surface area is 107 Å². The Morgan fingerprint density at radius 2 is 2.19 bits per heavy atom. The van der Waals surface area contributed by atoms with E-state index in [1.807, 2.05) is 29.3 Å². The highest BCUT2D eigenvalue weighted by Gasteiger charge is 2.06. The van der Waals surface area contributed by atoms with Crippen molar-refractivity contribution in [2.45, 2.75) is 33.2 Å². The Morgan fingerprint density at radius 3 is 2.75 bits per heavy atom. The highest BCUT2D eigenvalue weighted by atomic mass is 32.2. The first-order valence-electron chi connectivity index (χ1n) is 5.77. The Balaban J connectivity index is 2.26. The van der Waals surface area contributed by atoms with Crippen molar-refractivity contribution in [2.75, 3.05) is 18.6 Å². The monoisotopic (exact) mass is 258 g/mol. The van der Waals surface area contributed by atoms with Crippen LogP contribution in [-0.2, 0) is 6.54 Å². The molecule has 4 heteroatoms. The van der Waals surface area contributed by atoms with Crippen LogP contribution in [-0.4, -0.2) is 23.5 Å². The minimum atomic E-state index is 0.599. The second kappa shape index (κ2) is 7.30. The molecule has 0 bridgehead atoms. The number of thioether (sulfide) groups is 1. The summed E-state index contributed by atoms with van der Waals surface area (Å²) in [6.45, 7) is 8.70. The largest absolute Gasteiger partial charge is 0.310 e. The summed E-state index contributed by atoms with van der Waals surface area (Å²) in [5.41, 5.74) is 0. The van der Waals surface area contributed by atoms with Gasteiger partial charge in [-0.15, -0.1) is 11.3 Å². The first-order chi connectivity index (χ1) is 7.63. The fourth-order valence-corrected chi connectivity index (χ4v) is 3.02. The Kier molecular flexibility index (Phi) is 6.39. The maximum absolute atomic E-state index is 4.43. The molecule has 1 rings (SSSR count). The van der Waals surface area contributed by atoms with E-state index in [0.29, 0.717) is 5.92 Å². The first-order valence-corrected chi connectivity index (χ1v) is 7.98. The van der Waals surface area contributed by atoms with Gasteiger partial charge in [0.2, 0.25) is 0 Å². The van der Waals surface area contributed by atoms with Crippen LogP contribution >= 0.6 is 23.1 Å². The lowest BCUT2D eigenvalue weighted by molar-refractivity contribution is 0.558. The summed E-state index contributed by atoms with van der Waals surface area (Å²) < 4.78 is 0. The topological polar surface area (TPSA) is 24.9 Å². The van der Waals surface area contributed by atoms with Gasteiger partial charge in [-0.05, 0) is 30.4 Å². The maximum atomic E-state index is 4.43. The molecule has 1 aromatic rings. The fraction of sp³-hybridized carbons (Fsp3) is 0.750. The van der Waals surface area contributed by atoms with Crippen molar-refractivity contribution < 1.29 is 0 Å². The van der Waals surface area contributed by atoms with Crippen LogP contribution in [0.1, 0.15) is 36.6 Å². The molecule has 1 heterocycles. The van der Waals surface area contributed by atoms with Gasteiger partial charge in [-0.25, -0.2) is 4.98 Å². The zero-order valence-electron chi connectivity index (χ0n) is 10.6. The molecule has 1 aromatic heterocycles. The molecule has 1 unspecified atom stereocenters. The molecule has 0 amide bonds. The predicted molar refractivity (Wildman–Crippen MR) is 75.5 cm³/mol. The quantitative estimate of drug-likeness (QED) is 0.812. The highest BCUT2D eigenvalue weighted by Crippen LogP contribution is 2.21. The molecule has 0 aliphatic rings. The second-order valence-corrected chi connectivity index (χ2v) is 6.56. The van der Waals surface area contributed by atoms with Crippen molar-refractivity contribution in [3.8, 4) is 0 Å². The summed E-state index contributed by atoms with van der Waals surface area (Å²) >= 11 is 3.74. The van der Waals surface area contributed by atoms with Crippen molar-refractivity contribution in [3.63, 3.8) is 0 Å². The van der Waals surface area contributed by atoms with Gasteiger partial charge in [0, 0.05) is 17.6 Å². The van der Waals surface area contributed by atoms with Crippen molar-refractivity contribution in [1.82, 2.24) is 10.3 Å². The number of hydrogen-bond acceptors (Lipinski definition) is 4. The molecule has 0 aliphatic heterocycles. The van der Waals surface area contributed by atoms with Gasteiger partial charge in [-0.3, -0.25) is 0 Å². The van der Waals surface area contributed by atoms with Crippen LogP contribution in [0.4, 0.5) is 0 Å². The molecule has 0 saturated carbocycles. The third kappa shape index (κ3) is 4.85. The van der Waals surface area contributed by atoms with E-state index in [1.54, 1.807) is 0 Å². The van der Waals surface area contributed by atoms with Gasteiger partial charge < -0.3 is 5.32 Å². The van der Waals surface area contributed by atoms with Crippen molar-refractivity contribution in [2.24, 2.45) is 5.92 Å². The lowest BCUT2D eigenvalue weighted by atomic mass is 10.2. The normalized spacial score (nSPS) is 13.3. The van der Waals surface area contributed by atoms with Crippen molar-refractivity contribution in [3.05, 3.63) is 16.1 Å². The molecule has 16 heavy (non-hydrogen) atoms. The number of hydrogen-bond donors (Lipinski definition) is 1. The summed E-state index contributed by atoms with van der Waals surface area (Å²) in [7, 11) is 0. The molecule has 2 nitrogen and oxygen atoms in total. The lowest BCUT2D eigenvalue weighted by Gasteiger charge is -2.09. The van der Waals surface area contributed by atoms with E-state index < -0.39 is 0 Å². The molecule has 0 aromatic carbocycles. The Hall–Kier alpha value is -0.0600. The molecule has 1 atom stereocenters. The van der Waals surface area contributed by atoms with E-state index in [1.165, 1.54) is 15.6 Å². The minimum absolute atomic E-state index is 0.599. The number of aromatic nitrogens is 1. The Morgan fingerprint density at radius 1 is 1.44 bits per heavy atom. The van der Waals surface area contributed by atoms with Gasteiger partial charge in [-0.2, -0.15) is 11.8 Å². The van der Waals surface area contributed by atoms with E-state index in [9.17, 15) is 0 Å². The van der Waals surface area contributed by atoms with Gasteiger partial charge in [-0.1, -0.05) is 20.8 Å². The summed E-state index contributed by atoms with van der Waals surface area (Å²) in [6, 6.07) is 0. The first kappa shape index (κ1) is 14.0. The molecule has 0 saturated heterocycles. The van der Waals surface area contributed by atoms with Gasteiger partial charge in [0.05, 0.1) is 0 Å². The van der Waals surface area contributed by atoms with Crippen molar-refractivity contribution in [1.29, 1.82) is 0 Å². The van der Waals surface area contributed by atoms with E-state index in [4.69, 9.17) is 0 Å². The van der Waals surface area contributed by atoms with Crippen LogP contribution in [0.5, 0.6) is 0 Å². The van der Waals surface area contributed by atoms with Crippen LogP contribution in [0.15, 0.2) is 6.20 Å². The molecule has 0 spiro atoms. The maximum Gasteiger partial charge on any atom is 0.107 e. The number of thiazole rings is 1. The van der Waals surface area contributed by atoms with Crippen molar-refractivity contribution >= 4 is 23.1 Å². The average Bonchev–Trinajstić information content (AvgIpc) is 2.67. The van der Waals surface area contributed by atoms with E-state index >= 15 is 0 Å². The van der Waals surface area contributed by atoms with Crippen LogP contribution < -0.4 is 5.32 Å². The SMILES string of the molecule is CSCC(C)CNCc1ncc(C(C)C)s1. The third-order valence-electron chi connectivity index (χ3n) is 2.36. The molecule has 92 valence electrons. The smallest absolute Gasteiger partial charge is 0.107 e. The molecule has 0 radical (unpaired) electrons. The number of nitrogens with zero attached hydrogens (tertiary/aromatic N) is 1. The van der Waals surface area contributed by atoms with E-state index in [0.717, 1.165) is 19.0 Å². The summed E-state index contributed by atoms with van der Waals surface area (Å²) in [5, 5.41) is 4.68. The Bertz CT molecular complexity index is 297. The standard InChI is InChI=1S/C12H22N2S2/c1-9(2)11-6-14-12(16-11)7-13-5-10(3)8-15-4/h6,9-10,13H,5,7-8H2,1-4H3.